The van der Waals surface area contributed by atoms with Crippen molar-refractivity contribution in [3.63, 3.8) is 0 Å². The number of aromatic amines is 1. The molecule has 0 aromatic carbocycles. The minimum absolute atomic E-state index is 0. The molecular weight excluding hydrogens is 649 g/mol. The Morgan fingerprint density at radius 2 is 1.63 bits per heavy atom. The zero-order valence-electron chi connectivity index (χ0n) is 21.6. The summed E-state index contributed by atoms with van der Waals surface area (Å²) >= 11 is 0. The second-order valence-electron chi connectivity index (χ2n) is 8.70. The summed E-state index contributed by atoms with van der Waals surface area (Å²) in [6, 6.07) is 15.9. The van der Waals surface area contributed by atoms with Crippen LogP contribution in [0.1, 0.15) is 43.1 Å². The molecule has 0 spiro atoms. The van der Waals surface area contributed by atoms with Gasteiger partial charge in [0.05, 0.1) is 40.5 Å². The number of aliphatic imine (C=N–C) groups is 2. The fourth-order valence-corrected chi connectivity index (χ4v) is 3.73. The van der Waals surface area contributed by atoms with Gasteiger partial charge in [0.1, 0.15) is 0 Å². The minimum Gasteiger partial charge on any atom is -0.351 e. The second-order valence-corrected chi connectivity index (χ2v) is 8.70. The van der Waals surface area contributed by atoms with E-state index < -0.39 is 0 Å². The molecule has 7 nitrogen and oxygen atoms in total. The van der Waals surface area contributed by atoms with Gasteiger partial charge >= 0.3 is 0 Å². The van der Waals surface area contributed by atoms with E-state index in [9.17, 15) is 0 Å². The predicted molar refractivity (Wildman–Crippen MR) is 149 cm³/mol. The number of hydrogen-bond acceptors (Lipinski definition) is 6. The second kappa shape index (κ2) is 15.4. The van der Waals surface area contributed by atoms with Gasteiger partial charge in [-0.25, -0.2) is 9.97 Å². The maximum atomic E-state index is 4.64. The van der Waals surface area contributed by atoms with Crippen molar-refractivity contribution in [2.75, 3.05) is 0 Å². The van der Waals surface area contributed by atoms with E-state index in [1.54, 1.807) is 24.9 Å². The maximum absolute atomic E-state index is 4.64. The standard InChI is InChI=1S/C15H13N3.C12H14N2.C3H4N2.Os/c1-3-10-16-12(6-1)14-8-5-9-15(18-14)13-7-2-4-11-17-13;1-9-3-5-13-11(7-9)12-8-10(2)4-6-14-12;1-2-5-3-4-1;/h1,3-6,8-11H,2,7H2;3-7,10H,8H2,1-2H3;1-3H,(H,4,5);. The van der Waals surface area contributed by atoms with Crippen molar-refractivity contribution in [1.82, 2.24) is 24.9 Å². The molecule has 2 aliphatic rings. The van der Waals surface area contributed by atoms with Crippen LogP contribution < -0.4 is 0 Å². The van der Waals surface area contributed by atoms with Gasteiger partial charge in [0.2, 0.25) is 0 Å². The Balaban J connectivity index is 0.000000178. The monoisotopic (exact) mass is 681 g/mol. The molecule has 6 rings (SSSR count). The average molecular weight is 680 g/mol. The molecule has 2 aliphatic heterocycles. The number of aryl methyl sites for hydroxylation is 1. The van der Waals surface area contributed by atoms with Gasteiger partial charge in [-0.3, -0.25) is 20.0 Å². The van der Waals surface area contributed by atoms with Gasteiger partial charge in [0, 0.05) is 57.0 Å². The number of hydrogen-bond donors (Lipinski definition) is 1. The van der Waals surface area contributed by atoms with Crippen molar-refractivity contribution in [2.24, 2.45) is 15.9 Å². The largest absolute Gasteiger partial charge is 0.351 e. The Morgan fingerprint density at radius 3 is 2.29 bits per heavy atom. The summed E-state index contributed by atoms with van der Waals surface area (Å²) in [7, 11) is 0. The number of imidazole rings is 1. The van der Waals surface area contributed by atoms with Crippen molar-refractivity contribution in [1.29, 1.82) is 0 Å². The molecule has 6 heterocycles. The van der Waals surface area contributed by atoms with E-state index in [1.807, 2.05) is 61.1 Å². The topological polar surface area (TPSA) is 92.1 Å². The van der Waals surface area contributed by atoms with Crippen LogP contribution in [0.25, 0.3) is 11.4 Å². The summed E-state index contributed by atoms with van der Waals surface area (Å²) in [6.45, 7) is 4.27. The molecular formula is C30H31N7Os. The van der Waals surface area contributed by atoms with E-state index in [4.69, 9.17) is 0 Å². The van der Waals surface area contributed by atoms with Crippen LogP contribution in [0, 0.1) is 12.8 Å². The maximum Gasteiger partial charge on any atom is 0.0919 e. The third-order valence-electron chi connectivity index (χ3n) is 5.63. The summed E-state index contributed by atoms with van der Waals surface area (Å²) in [6.07, 6.45) is 19.6. The summed E-state index contributed by atoms with van der Waals surface area (Å²) < 4.78 is 0. The van der Waals surface area contributed by atoms with Crippen LogP contribution in [0.4, 0.5) is 0 Å². The van der Waals surface area contributed by atoms with Gasteiger partial charge in [0.15, 0.2) is 0 Å². The first-order valence-electron chi connectivity index (χ1n) is 12.4. The van der Waals surface area contributed by atoms with E-state index in [2.05, 4.69) is 67.0 Å². The van der Waals surface area contributed by atoms with Crippen LogP contribution in [0.15, 0.2) is 114 Å². The van der Waals surface area contributed by atoms with Gasteiger partial charge in [0.25, 0.3) is 0 Å². The molecule has 0 fully saturated rings. The number of aromatic nitrogens is 5. The van der Waals surface area contributed by atoms with Crippen molar-refractivity contribution in [2.45, 2.75) is 33.1 Å². The smallest absolute Gasteiger partial charge is 0.0919 e. The SMILES string of the molecule is C1=CN=C(c2cccc(-c3ccccn3)n2)CC1.Cc1ccnc(C2=NC=CC(C)C2)c1.[Os].c1c[nH]cn1. The Morgan fingerprint density at radius 1 is 0.816 bits per heavy atom. The third-order valence-corrected chi connectivity index (χ3v) is 5.63. The molecule has 4 aromatic rings. The Labute approximate surface area is 237 Å². The quantitative estimate of drug-likeness (QED) is 0.272. The molecule has 1 unspecified atom stereocenters. The van der Waals surface area contributed by atoms with Gasteiger partial charge < -0.3 is 4.98 Å². The Kier molecular flexibility index (Phi) is 11.6. The zero-order valence-corrected chi connectivity index (χ0v) is 24.1. The van der Waals surface area contributed by atoms with Gasteiger partial charge in [-0.15, -0.1) is 0 Å². The van der Waals surface area contributed by atoms with E-state index in [-0.39, 0.29) is 19.8 Å². The molecule has 194 valence electrons. The van der Waals surface area contributed by atoms with Crippen molar-refractivity contribution in [3.05, 3.63) is 121 Å². The molecule has 0 aliphatic carbocycles. The van der Waals surface area contributed by atoms with E-state index in [0.29, 0.717) is 5.92 Å². The van der Waals surface area contributed by atoms with Crippen molar-refractivity contribution >= 4 is 11.4 Å². The van der Waals surface area contributed by atoms with Crippen LogP contribution in [0.3, 0.4) is 0 Å². The molecule has 0 amide bonds. The van der Waals surface area contributed by atoms with Crippen molar-refractivity contribution < 1.29 is 19.8 Å². The Hall–Kier alpha value is -3.88. The van der Waals surface area contributed by atoms with Crippen LogP contribution in [-0.4, -0.2) is 36.3 Å². The summed E-state index contributed by atoms with van der Waals surface area (Å²) in [5.41, 5.74) is 7.14. The first-order chi connectivity index (χ1) is 18.2. The number of nitrogens with one attached hydrogen (secondary N) is 1. The first kappa shape index (κ1) is 28.7. The van der Waals surface area contributed by atoms with Gasteiger partial charge in [-0.2, -0.15) is 0 Å². The fourth-order valence-electron chi connectivity index (χ4n) is 3.73. The average Bonchev–Trinajstić information content (AvgIpc) is 3.55. The summed E-state index contributed by atoms with van der Waals surface area (Å²) in [5, 5.41) is 0. The molecule has 0 saturated heterocycles. The van der Waals surface area contributed by atoms with Crippen LogP contribution >= 0.6 is 0 Å². The number of rotatable bonds is 3. The number of H-pyrrole nitrogens is 1. The van der Waals surface area contributed by atoms with Crippen LogP contribution in [0.2, 0.25) is 0 Å². The fraction of sp³-hybridized carbons (Fsp3) is 0.200. The number of allylic oxidation sites excluding steroid dienone is 2. The number of pyridine rings is 3. The molecule has 1 N–H and O–H groups in total. The van der Waals surface area contributed by atoms with E-state index in [0.717, 1.165) is 53.5 Å². The van der Waals surface area contributed by atoms with Gasteiger partial charge in [-0.1, -0.05) is 31.2 Å². The minimum atomic E-state index is 0. The summed E-state index contributed by atoms with van der Waals surface area (Å²) in [4.78, 5) is 28.5. The zero-order chi connectivity index (χ0) is 25.7. The van der Waals surface area contributed by atoms with Crippen LogP contribution in [0.5, 0.6) is 0 Å². The third kappa shape index (κ3) is 8.90. The van der Waals surface area contributed by atoms with E-state index in [1.165, 1.54) is 5.56 Å². The predicted octanol–water partition coefficient (Wildman–Crippen LogP) is 6.38. The molecule has 8 heteroatoms. The molecule has 38 heavy (non-hydrogen) atoms. The Bertz CT molecular complexity index is 1360. The summed E-state index contributed by atoms with van der Waals surface area (Å²) in [5.74, 6) is 0.574. The molecule has 0 saturated carbocycles. The molecule has 0 bridgehead atoms. The first-order valence-corrected chi connectivity index (χ1v) is 12.4. The van der Waals surface area contributed by atoms with Crippen molar-refractivity contribution in [3.8, 4) is 11.4 Å². The molecule has 0 radical (unpaired) electrons. The van der Waals surface area contributed by atoms with E-state index >= 15 is 0 Å². The normalized spacial score (nSPS) is 15.5. The van der Waals surface area contributed by atoms with Crippen LogP contribution in [-0.2, 0) is 19.8 Å². The number of nitrogens with zero attached hydrogens (tertiary/aromatic N) is 6. The van der Waals surface area contributed by atoms with Gasteiger partial charge in [-0.05, 0) is 74.1 Å². The molecule has 4 aromatic heterocycles. The molecule has 1 atom stereocenters.